The highest BCUT2D eigenvalue weighted by atomic mass is 32.2. The molecule has 4 rings (SSSR count). The van der Waals surface area contributed by atoms with Crippen LogP contribution in [0.2, 0.25) is 0 Å². The van der Waals surface area contributed by atoms with Crippen molar-refractivity contribution in [1.82, 2.24) is 5.43 Å². The van der Waals surface area contributed by atoms with Crippen LogP contribution in [0.1, 0.15) is 16.7 Å². The molecule has 0 saturated carbocycles. The summed E-state index contributed by atoms with van der Waals surface area (Å²) in [6, 6.07) is 30.1. The first-order chi connectivity index (χ1) is 18.9. The highest BCUT2D eigenvalue weighted by Crippen LogP contribution is 2.32. The first-order valence-corrected chi connectivity index (χ1v) is 13.6. The van der Waals surface area contributed by atoms with Gasteiger partial charge in [0, 0.05) is 5.56 Å². The zero-order valence-electron chi connectivity index (χ0n) is 21.7. The van der Waals surface area contributed by atoms with Crippen molar-refractivity contribution in [1.29, 1.82) is 0 Å². The second-order valence-corrected chi connectivity index (χ2v) is 10.5. The normalized spacial score (nSPS) is 11.2. The average molecular weight is 544 g/mol. The first kappa shape index (κ1) is 27.4. The molecule has 0 bridgehead atoms. The predicted molar refractivity (Wildman–Crippen MR) is 152 cm³/mol. The minimum atomic E-state index is -4.10. The molecule has 1 N–H and O–H groups in total. The van der Waals surface area contributed by atoms with Crippen molar-refractivity contribution in [2.24, 2.45) is 5.10 Å². The Morgan fingerprint density at radius 2 is 1.51 bits per heavy atom. The number of ether oxygens (including phenoxy) is 2. The van der Waals surface area contributed by atoms with Crippen LogP contribution >= 0.6 is 0 Å². The summed E-state index contributed by atoms with van der Waals surface area (Å²) >= 11 is 0. The Morgan fingerprint density at radius 3 is 2.23 bits per heavy atom. The number of benzene rings is 4. The number of hydrogen-bond donors (Lipinski definition) is 1. The molecule has 9 heteroatoms. The summed E-state index contributed by atoms with van der Waals surface area (Å²) in [5.41, 5.74) is 5.25. The standard InChI is InChI=1S/C30H29N3O5S/c1-23-16-18-26(19-17-23)39(35,36)33(27-13-7-9-15-29(27)37-2)21-30(34)32-31-20-25-12-6-8-14-28(25)38-22-24-10-4-3-5-11-24/h3-20H,21-22H2,1-2H3,(H,32,34)/b31-20-. The van der Waals surface area contributed by atoms with Gasteiger partial charge in [0.2, 0.25) is 0 Å². The maximum Gasteiger partial charge on any atom is 0.264 e. The van der Waals surface area contributed by atoms with Crippen molar-refractivity contribution < 1.29 is 22.7 Å². The van der Waals surface area contributed by atoms with Crippen molar-refractivity contribution in [2.75, 3.05) is 18.0 Å². The molecule has 0 spiro atoms. The van der Waals surface area contributed by atoms with E-state index in [1.165, 1.54) is 25.5 Å². The summed E-state index contributed by atoms with van der Waals surface area (Å²) in [4.78, 5) is 13.0. The number of nitrogens with zero attached hydrogens (tertiary/aromatic N) is 2. The van der Waals surface area contributed by atoms with Gasteiger partial charge in [0.25, 0.3) is 15.9 Å². The van der Waals surface area contributed by atoms with Crippen LogP contribution in [0.5, 0.6) is 11.5 Å². The van der Waals surface area contributed by atoms with Gasteiger partial charge in [0.15, 0.2) is 0 Å². The molecule has 8 nitrogen and oxygen atoms in total. The summed E-state index contributed by atoms with van der Waals surface area (Å²) < 4.78 is 39.5. The number of hydrogen-bond acceptors (Lipinski definition) is 6. The van der Waals surface area contributed by atoms with E-state index in [1.807, 2.05) is 55.5 Å². The number of rotatable bonds is 11. The Labute approximate surface area is 228 Å². The number of aryl methyl sites for hydroxylation is 1. The Kier molecular flexibility index (Phi) is 8.96. The predicted octanol–water partition coefficient (Wildman–Crippen LogP) is 4.93. The molecule has 1 amide bonds. The van der Waals surface area contributed by atoms with Gasteiger partial charge in [-0.05, 0) is 48.9 Å². The monoisotopic (exact) mass is 543 g/mol. The van der Waals surface area contributed by atoms with Crippen LogP contribution in [0.4, 0.5) is 5.69 Å². The van der Waals surface area contributed by atoms with Gasteiger partial charge < -0.3 is 9.47 Å². The van der Waals surface area contributed by atoms with Gasteiger partial charge in [0.05, 0.1) is 23.9 Å². The number of methoxy groups -OCH3 is 1. The first-order valence-electron chi connectivity index (χ1n) is 12.2. The summed E-state index contributed by atoms with van der Waals surface area (Å²) in [5.74, 6) is 0.279. The fourth-order valence-electron chi connectivity index (χ4n) is 3.77. The molecule has 0 saturated heterocycles. The van der Waals surface area contributed by atoms with E-state index >= 15 is 0 Å². The molecule has 0 aliphatic carbocycles. The number of amides is 1. The van der Waals surface area contributed by atoms with Crippen molar-refractivity contribution >= 4 is 27.8 Å². The summed E-state index contributed by atoms with van der Waals surface area (Å²) in [6.45, 7) is 1.73. The van der Waals surface area contributed by atoms with Gasteiger partial charge in [-0.2, -0.15) is 5.10 Å². The smallest absolute Gasteiger partial charge is 0.264 e. The third kappa shape index (κ3) is 7.03. The summed E-state index contributed by atoms with van der Waals surface area (Å²) in [5, 5.41) is 4.06. The second kappa shape index (κ2) is 12.7. The fourth-order valence-corrected chi connectivity index (χ4v) is 5.20. The van der Waals surface area contributed by atoms with Gasteiger partial charge in [-0.1, -0.05) is 72.3 Å². The van der Waals surface area contributed by atoms with E-state index in [4.69, 9.17) is 9.47 Å². The Balaban J connectivity index is 1.52. The van der Waals surface area contributed by atoms with Gasteiger partial charge in [-0.15, -0.1) is 0 Å². The highest BCUT2D eigenvalue weighted by Gasteiger charge is 2.29. The van der Waals surface area contributed by atoms with Crippen LogP contribution in [0, 0.1) is 6.92 Å². The molecule has 0 radical (unpaired) electrons. The Morgan fingerprint density at radius 1 is 0.872 bits per heavy atom. The number of para-hydroxylation sites is 3. The largest absolute Gasteiger partial charge is 0.495 e. The molecule has 200 valence electrons. The molecule has 0 atom stereocenters. The van der Waals surface area contributed by atoms with E-state index in [0.717, 1.165) is 15.4 Å². The second-order valence-electron chi connectivity index (χ2n) is 8.60. The average Bonchev–Trinajstić information content (AvgIpc) is 2.96. The van der Waals surface area contributed by atoms with Gasteiger partial charge in [-0.3, -0.25) is 9.10 Å². The fraction of sp³-hybridized carbons (Fsp3) is 0.133. The van der Waals surface area contributed by atoms with Crippen molar-refractivity contribution in [3.63, 3.8) is 0 Å². The molecular weight excluding hydrogens is 514 g/mol. The Hall–Kier alpha value is -4.63. The number of carbonyl (C=O) groups is 1. The number of anilines is 1. The number of nitrogens with one attached hydrogen (secondary N) is 1. The lowest BCUT2D eigenvalue weighted by molar-refractivity contribution is -0.119. The number of carbonyl (C=O) groups excluding carboxylic acids is 1. The molecule has 0 heterocycles. The van der Waals surface area contributed by atoms with Crippen molar-refractivity contribution in [3.05, 3.63) is 120 Å². The van der Waals surface area contributed by atoms with Crippen molar-refractivity contribution in [3.8, 4) is 11.5 Å². The minimum absolute atomic E-state index is 0.0554. The third-order valence-corrected chi connectivity index (χ3v) is 7.57. The quantitative estimate of drug-likeness (QED) is 0.214. The van der Waals surface area contributed by atoms with E-state index in [2.05, 4.69) is 10.5 Å². The lowest BCUT2D eigenvalue weighted by Crippen LogP contribution is -2.39. The van der Waals surface area contributed by atoms with E-state index in [-0.39, 0.29) is 10.6 Å². The summed E-state index contributed by atoms with van der Waals surface area (Å²) in [7, 11) is -2.65. The molecule has 4 aromatic rings. The lowest BCUT2D eigenvalue weighted by atomic mass is 10.2. The van der Waals surface area contributed by atoms with Crippen LogP contribution in [0.25, 0.3) is 0 Å². The van der Waals surface area contributed by atoms with E-state index in [1.54, 1.807) is 42.5 Å². The number of hydrazone groups is 1. The zero-order valence-corrected chi connectivity index (χ0v) is 22.5. The molecule has 0 aliphatic heterocycles. The number of sulfonamides is 1. The highest BCUT2D eigenvalue weighted by molar-refractivity contribution is 7.92. The van der Waals surface area contributed by atoms with E-state index in [0.29, 0.717) is 23.7 Å². The zero-order chi connectivity index (χ0) is 27.7. The molecule has 0 fully saturated rings. The molecule has 39 heavy (non-hydrogen) atoms. The summed E-state index contributed by atoms with van der Waals surface area (Å²) in [6.07, 6.45) is 1.46. The van der Waals surface area contributed by atoms with Crippen LogP contribution < -0.4 is 19.2 Å². The van der Waals surface area contributed by atoms with Gasteiger partial charge in [-0.25, -0.2) is 13.8 Å². The minimum Gasteiger partial charge on any atom is -0.495 e. The maximum atomic E-state index is 13.6. The maximum absolute atomic E-state index is 13.6. The van der Waals surface area contributed by atoms with Crippen LogP contribution in [-0.4, -0.2) is 34.2 Å². The van der Waals surface area contributed by atoms with Gasteiger partial charge in [0.1, 0.15) is 24.7 Å². The van der Waals surface area contributed by atoms with Crippen LogP contribution in [0.3, 0.4) is 0 Å². The molecule has 4 aromatic carbocycles. The van der Waals surface area contributed by atoms with Crippen LogP contribution in [0.15, 0.2) is 113 Å². The third-order valence-electron chi connectivity index (χ3n) is 5.80. The lowest BCUT2D eigenvalue weighted by Gasteiger charge is -2.25. The molecular formula is C30H29N3O5S. The molecule has 0 aliphatic rings. The van der Waals surface area contributed by atoms with E-state index in [9.17, 15) is 13.2 Å². The van der Waals surface area contributed by atoms with E-state index < -0.39 is 22.5 Å². The Bertz CT molecular complexity index is 1540. The SMILES string of the molecule is COc1ccccc1N(CC(=O)N/N=C\c1ccccc1OCc1ccccc1)S(=O)(=O)c1ccc(C)cc1. The van der Waals surface area contributed by atoms with Crippen molar-refractivity contribution in [2.45, 2.75) is 18.4 Å². The topological polar surface area (TPSA) is 97.3 Å². The molecule has 0 unspecified atom stereocenters. The van der Waals surface area contributed by atoms with Crippen LogP contribution in [-0.2, 0) is 21.4 Å². The van der Waals surface area contributed by atoms with Gasteiger partial charge >= 0.3 is 0 Å². The molecule has 0 aromatic heterocycles.